The summed E-state index contributed by atoms with van der Waals surface area (Å²) in [7, 11) is -7.84. The minimum Gasteiger partial charge on any atom is -0.478 e. The Morgan fingerprint density at radius 2 is 1.89 bits per heavy atom. The zero-order valence-corrected chi connectivity index (χ0v) is 12.8. The molecule has 7 nitrogen and oxygen atoms in total. The van der Waals surface area contributed by atoms with E-state index < -0.39 is 30.9 Å². The van der Waals surface area contributed by atoms with E-state index in [1.807, 2.05) is 4.72 Å². The number of sulfone groups is 1. The Morgan fingerprint density at radius 3 is 2.37 bits per heavy atom. The summed E-state index contributed by atoms with van der Waals surface area (Å²) in [6, 6.07) is 3.72. The summed E-state index contributed by atoms with van der Waals surface area (Å²) in [6.07, 6.45) is 0.787. The molecule has 1 rings (SSSR count). The number of benzene rings is 1. The van der Waals surface area contributed by atoms with E-state index >= 15 is 0 Å². The van der Waals surface area contributed by atoms with Crippen LogP contribution in [0, 0.1) is 0 Å². The second-order valence-electron chi connectivity index (χ2n) is 3.76. The zero-order chi connectivity index (χ0) is 14.8. The van der Waals surface area contributed by atoms with E-state index in [1.165, 1.54) is 12.1 Å². The first-order valence-corrected chi connectivity index (χ1v) is 9.22. The van der Waals surface area contributed by atoms with E-state index in [0.717, 1.165) is 12.3 Å². The number of aromatic carboxylic acids is 1. The van der Waals surface area contributed by atoms with E-state index in [9.17, 15) is 21.6 Å². The van der Waals surface area contributed by atoms with Crippen molar-refractivity contribution < 1.29 is 26.7 Å². The minimum atomic E-state index is -4.12. The Morgan fingerprint density at radius 1 is 1.32 bits per heavy atom. The van der Waals surface area contributed by atoms with E-state index in [0.29, 0.717) is 4.47 Å². The number of carboxylic acid groups (broad SMARTS) is 1. The number of rotatable bonds is 5. The maximum absolute atomic E-state index is 11.6. The summed E-state index contributed by atoms with van der Waals surface area (Å²) >= 11 is 3.04. The number of nitrogens with one attached hydrogen (secondary N) is 1. The topological polar surface area (TPSA) is 118 Å². The lowest BCUT2D eigenvalue weighted by Crippen LogP contribution is -2.22. The predicted molar refractivity (Wildman–Crippen MR) is 73.4 cm³/mol. The van der Waals surface area contributed by atoms with Crippen molar-refractivity contribution in [3.05, 3.63) is 28.2 Å². The molecule has 19 heavy (non-hydrogen) atoms. The Bertz CT molecular complexity index is 710. The monoisotopic (exact) mass is 371 g/mol. The molecule has 0 amide bonds. The maximum atomic E-state index is 11.6. The number of carbonyl (C=O) groups is 1. The highest BCUT2D eigenvalue weighted by molar-refractivity contribution is 9.10. The summed E-state index contributed by atoms with van der Waals surface area (Å²) in [5.41, 5.74) is -0.163. The molecule has 0 bridgehead atoms. The predicted octanol–water partition coefficient (Wildman–Crippen LogP) is 0.891. The average molecular weight is 372 g/mol. The van der Waals surface area contributed by atoms with E-state index in [1.54, 1.807) is 0 Å². The highest BCUT2D eigenvalue weighted by atomic mass is 79.9. The lowest BCUT2D eigenvalue weighted by molar-refractivity contribution is 0.0697. The Labute approximate surface area is 118 Å². The summed E-state index contributed by atoms with van der Waals surface area (Å²) in [6.45, 7) is 0. The van der Waals surface area contributed by atoms with Crippen molar-refractivity contribution in [1.29, 1.82) is 0 Å². The van der Waals surface area contributed by atoms with Crippen molar-refractivity contribution in [2.75, 3.05) is 16.1 Å². The summed E-state index contributed by atoms with van der Waals surface area (Å²) in [5.74, 6) is -1.23. The summed E-state index contributed by atoms with van der Waals surface area (Å²) in [5, 5.41) is 7.72. The summed E-state index contributed by atoms with van der Waals surface area (Å²) in [4.78, 5) is 10.8. The van der Waals surface area contributed by atoms with E-state index in [2.05, 4.69) is 15.9 Å². The Kier molecular flexibility index (Phi) is 4.59. The van der Waals surface area contributed by atoms with Crippen molar-refractivity contribution in [1.82, 2.24) is 0 Å². The van der Waals surface area contributed by atoms with E-state index in [4.69, 9.17) is 5.11 Å². The molecule has 0 unspecified atom stereocenters. The Hall–Kier alpha value is -1.13. The van der Waals surface area contributed by atoms with Crippen LogP contribution in [-0.2, 0) is 19.9 Å². The molecule has 0 aliphatic heterocycles. The van der Waals surface area contributed by atoms with Crippen molar-refractivity contribution in [3.8, 4) is 0 Å². The van der Waals surface area contributed by atoms with Gasteiger partial charge in [-0.3, -0.25) is 4.72 Å². The van der Waals surface area contributed by atoms with Gasteiger partial charge in [0.1, 0.15) is 0 Å². The van der Waals surface area contributed by atoms with Gasteiger partial charge >= 0.3 is 5.97 Å². The molecule has 2 N–H and O–H groups in total. The molecule has 0 radical (unpaired) electrons. The van der Waals surface area contributed by atoms with Crippen molar-refractivity contribution >= 4 is 47.4 Å². The molecule has 1 aromatic carbocycles. The van der Waals surface area contributed by atoms with Crippen LogP contribution in [0.3, 0.4) is 0 Å². The lowest BCUT2D eigenvalue weighted by Gasteiger charge is -2.09. The number of halogens is 1. The van der Waals surface area contributed by atoms with Gasteiger partial charge in [0.15, 0.2) is 14.9 Å². The molecule has 0 fully saturated rings. The van der Waals surface area contributed by atoms with Crippen LogP contribution in [0.1, 0.15) is 10.4 Å². The summed E-state index contributed by atoms with van der Waals surface area (Å²) < 4.78 is 47.4. The quantitative estimate of drug-likeness (QED) is 0.793. The van der Waals surface area contributed by atoms with Gasteiger partial charge in [-0.2, -0.15) is 0 Å². The van der Waals surface area contributed by atoms with Gasteiger partial charge in [-0.25, -0.2) is 21.6 Å². The Balaban J connectivity index is 3.12. The molecule has 0 aliphatic rings. The fourth-order valence-electron chi connectivity index (χ4n) is 1.22. The second kappa shape index (κ2) is 5.47. The highest BCUT2D eigenvalue weighted by Crippen LogP contribution is 2.25. The molecular formula is C9H10BrNO6S2. The van der Waals surface area contributed by atoms with Gasteiger partial charge in [0, 0.05) is 10.7 Å². The van der Waals surface area contributed by atoms with Gasteiger partial charge in [0.25, 0.3) is 0 Å². The van der Waals surface area contributed by atoms with Crippen LogP contribution in [0.2, 0.25) is 0 Å². The molecule has 0 aromatic heterocycles. The molecule has 0 saturated carbocycles. The van der Waals surface area contributed by atoms with Crippen LogP contribution in [0.4, 0.5) is 5.69 Å². The van der Waals surface area contributed by atoms with Gasteiger partial charge in [-0.05, 0) is 34.1 Å². The van der Waals surface area contributed by atoms with Crippen LogP contribution in [0.25, 0.3) is 0 Å². The first-order valence-electron chi connectivity index (χ1n) is 4.71. The van der Waals surface area contributed by atoms with Crippen molar-refractivity contribution in [2.24, 2.45) is 0 Å². The molecule has 0 heterocycles. The number of hydrogen-bond acceptors (Lipinski definition) is 5. The standard InChI is InChI=1S/C9H10BrNO6S2/c1-18(14,15)5-19(16,17)11-8-4-6(9(12)13)2-3-7(8)10/h2-4,11H,5H2,1H3,(H,12,13). The third kappa shape index (κ3) is 5.17. The van der Waals surface area contributed by atoms with Crippen LogP contribution in [-0.4, -0.2) is 39.3 Å². The average Bonchev–Trinajstić information content (AvgIpc) is 2.16. The molecule has 106 valence electrons. The largest absolute Gasteiger partial charge is 0.478 e. The van der Waals surface area contributed by atoms with E-state index in [-0.39, 0.29) is 11.3 Å². The molecular weight excluding hydrogens is 362 g/mol. The number of hydrogen-bond donors (Lipinski definition) is 2. The third-order valence-electron chi connectivity index (χ3n) is 1.85. The van der Waals surface area contributed by atoms with Gasteiger partial charge in [-0.1, -0.05) is 0 Å². The first-order chi connectivity index (χ1) is 8.50. The van der Waals surface area contributed by atoms with Crippen LogP contribution >= 0.6 is 15.9 Å². The smallest absolute Gasteiger partial charge is 0.335 e. The first kappa shape index (κ1) is 15.9. The van der Waals surface area contributed by atoms with Crippen LogP contribution < -0.4 is 4.72 Å². The van der Waals surface area contributed by atoms with Gasteiger partial charge in [0.05, 0.1) is 11.3 Å². The van der Waals surface area contributed by atoms with Crippen LogP contribution in [0.5, 0.6) is 0 Å². The maximum Gasteiger partial charge on any atom is 0.335 e. The molecule has 1 aromatic rings. The van der Waals surface area contributed by atoms with Crippen LogP contribution in [0.15, 0.2) is 22.7 Å². The van der Waals surface area contributed by atoms with Crippen molar-refractivity contribution in [3.63, 3.8) is 0 Å². The fraction of sp³-hybridized carbons (Fsp3) is 0.222. The van der Waals surface area contributed by atoms with Gasteiger partial charge in [0.2, 0.25) is 10.0 Å². The fourth-order valence-corrected chi connectivity index (χ4v) is 4.69. The number of sulfonamides is 1. The lowest BCUT2D eigenvalue weighted by atomic mass is 10.2. The highest BCUT2D eigenvalue weighted by Gasteiger charge is 2.19. The molecule has 0 spiro atoms. The molecule has 10 heteroatoms. The molecule has 0 atom stereocenters. The van der Waals surface area contributed by atoms with Gasteiger partial charge in [-0.15, -0.1) is 0 Å². The SMILES string of the molecule is CS(=O)(=O)CS(=O)(=O)Nc1cc(C(=O)O)ccc1Br. The molecule has 0 saturated heterocycles. The van der Waals surface area contributed by atoms with Gasteiger partial charge < -0.3 is 5.11 Å². The number of carboxylic acids is 1. The molecule has 0 aliphatic carbocycles. The zero-order valence-electron chi connectivity index (χ0n) is 9.62. The minimum absolute atomic E-state index is 0.0384. The number of anilines is 1. The van der Waals surface area contributed by atoms with Crippen molar-refractivity contribution in [2.45, 2.75) is 0 Å². The second-order valence-corrected chi connectivity index (χ2v) is 8.84. The normalized spacial score (nSPS) is 12.1. The third-order valence-corrected chi connectivity index (χ3v) is 6.02.